The molecule has 0 bridgehead atoms. The average Bonchev–Trinajstić information content (AvgIpc) is 2.18. The Kier molecular flexibility index (Phi) is 3.58. The number of ether oxygens (including phenoxy) is 2. The molecular weight excluding hydrogens is 166 g/mol. The molecule has 1 atom stereocenters. The predicted molar refractivity (Wildman–Crippen MR) is 53.1 cm³/mol. The topological polar surface area (TPSA) is 30.5 Å². The minimum absolute atomic E-state index is 0.0173. The lowest BCUT2D eigenvalue weighted by Crippen LogP contribution is -2.17. The molecule has 0 saturated heterocycles. The highest BCUT2D eigenvalue weighted by atomic mass is 16.5. The van der Waals surface area contributed by atoms with Crippen LogP contribution >= 0.6 is 0 Å². The third-order valence-electron chi connectivity index (χ3n) is 1.82. The van der Waals surface area contributed by atoms with E-state index in [4.69, 9.17) is 9.47 Å². The zero-order chi connectivity index (χ0) is 9.68. The second kappa shape index (κ2) is 4.72. The Labute approximate surface area is 78.7 Å². The molecule has 0 aliphatic carbocycles. The van der Waals surface area contributed by atoms with Gasteiger partial charge in [-0.2, -0.15) is 0 Å². The molecule has 1 rings (SSSR count). The molecule has 3 heteroatoms. The maximum atomic E-state index is 5.17. The molecule has 0 aromatic heterocycles. The van der Waals surface area contributed by atoms with Gasteiger partial charge in [0.25, 0.3) is 0 Å². The third kappa shape index (κ3) is 2.63. The highest BCUT2D eigenvalue weighted by Gasteiger charge is 2.03. The molecule has 3 nitrogen and oxygen atoms in total. The number of benzene rings is 1. The van der Waals surface area contributed by atoms with Crippen LogP contribution in [0.5, 0.6) is 5.75 Å². The van der Waals surface area contributed by atoms with Crippen molar-refractivity contribution >= 4 is 5.69 Å². The van der Waals surface area contributed by atoms with Gasteiger partial charge in [0.05, 0.1) is 12.8 Å². The van der Waals surface area contributed by atoms with Crippen molar-refractivity contribution in [3.8, 4) is 5.75 Å². The van der Waals surface area contributed by atoms with Gasteiger partial charge in [-0.3, -0.25) is 0 Å². The summed E-state index contributed by atoms with van der Waals surface area (Å²) in [6, 6.07) is 7.74. The van der Waals surface area contributed by atoms with Crippen molar-refractivity contribution in [1.29, 1.82) is 0 Å². The Hall–Kier alpha value is -1.22. The van der Waals surface area contributed by atoms with Gasteiger partial charge in [0.15, 0.2) is 0 Å². The smallest absolute Gasteiger partial charge is 0.142 e. The monoisotopic (exact) mass is 181 g/mol. The number of methoxy groups -OCH3 is 2. The van der Waals surface area contributed by atoms with Crippen molar-refractivity contribution in [2.75, 3.05) is 19.5 Å². The standard InChI is InChI=1S/C10H15NO2/c1-8(12-2)11-9-6-4-5-7-10(9)13-3/h4-8,11H,1-3H3. The summed E-state index contributed by atoms with van der Waals surface area (Å²) in [5.41, 5.74) is 0.944. The van der Waals surface area contributed by atoms with Crippen LogP contribution in [0.4, 0.5) is 5.69 Å². The molecule has 13 heavy (non-hydrogen) atoms. The Morgan fingerprint density at radius 2 is 1.92 bits per heavy atom. The number of hydrogen-bond donors (Lipinski definition) is 1. The summed E-state index contributed by atoms with van der Waals surface area (Å²) in [6.45, 7) is 1.94. The molecule has 0 radical (unpaired) electrons. The van der Waals surface area contributed by atoms with E-state index >= 15 is 0 Å². The van der Waals surface area contributed by atoms with Crippen LogP contribution < -0.4 is 10.1 Å². The molecule has 0 amide bonds. The summed E-state index contributed by atoms with van der Waals surface area (Å²) in [5.74, 6) is 0.825. The highest BCUT2D eigenvalue weighted by molar-refractivity contribution is 5.56. The lowest BCUT2D eigenvalue weighted by molar-refractivity contribution is 0.141. The van der Waals surface area contributed by atoms with Gasteiger partial charge in [-0.05, 0) is 19.1 Å². The minimum atomic E-state index is -0.0173. The quantitative estimate of drug-likeness (QED) is 0.721. The van der Waals surface area contributed by atoms with Gasteiger partial charge in [0.1, 0.15) is 12.0 Å². The van der Waals surface area contributed by atoms with Crippen LogP contribution in [0.1, 0.15) is 6.92 Å². The summed E-state index contributed by atoms with van der Waals surface area (Å²) < 4.78 is 10.3. The first-order valence-electron chi connectivity index (χ1n) is 4.20. The number of nitrogens with one attached hydrogen (secondary N) is 1. The molecule has 1 unspecified atom stereocenters. The fourth-order valence-electron chi connectivity index (χ4n) is 1.04. The van der Waals surface area contributed by atoms with E-state index in [2.05, 4.69) is 5.32 Å². The summed E-state index contributed by atoms with van der Waals surface area (Å²) in [7, 11) is 3.31. The fourth-order valence-corrected chi connectivity index (χ4v) is 1.04. The van der Waals surface area contributed by atoms with E-state index in [0.717, 1.165) is 11.4 Å². The van der Waals surface area contributed by atoms with Crippen LogP contribution in [0, 0.1) is 0 Å². The lowest BCUT2D eigenvalue weighted by atomic mass is 10.3. The normalized spacial score (nSPS) is 12.2. The minimum Gasteiger partial charge on any atom is -0.495 e. The molecule has 1 aromatic rings. The predicted octanol–water partition coefficient (Wildman–Crippen LogP) is 2.10. The Morgan fingerprint density at radius 3 is 2.54 bits per heavy atom. The van der Waals surface area contributed by atoms with Crippen LogP contribution in [0.2, 0.25) is 0 Å². The summed E-state index contributed by atoms with van der Waals surface area (Å²) in [6.07, 6.45) is -0.0173. The summed E-state index contributed by atoms with van der Waals surface area (Å²) in [4.78, 5) is 0. The highest BCUT2D eigenvalue weighted by Crippen LogP contribution is 2.23. The van der Waals surface area contributed by atoms with Crippen LogP contribution in [-0.2, 0) is 4.74 Å². The average molecular weight is 181 g/mol. The Bertz CT molecular complexity index is 263. The van der Waals surface area contributed by atoms with Gasteiger partial charge in [-0.1, -0.05) is 12.1 Å². The molecule has 0 saturated carbocycles. The van der Waals surface area contributed by atoms with Gasteiger partial charge < -0.3 is 14.8 Å². The molecule has 0 spiro atoms. The maximum absolute atomic E-state index is 5.17. The number of rotatable bonds is 4. The first kappa shape index (κ1) is 9.86. The van der Waals surface area contributed by atoms with Crippen molar-refractivity contribution in [2.45, 2.75) is 13.2 Å². The third-order valence-corrected chi connectivity index (χ3v) is 1.82. The van der Waals surface area contributed by atoms with Crippen LogP contribution in [-0.4, -0.2) is 20.4 Å². The SMILES string of the molecule is COc1ccccc1NC(C)OC. The van der Waals surface area contributed by atoms with Gasteiger partial charge in [0, 0.05) is 7.11 Å². The van der Waals surface area contributed by atoms with E-state index in [-0.39, 0.29) is 6.23 Å². The van der Waals surface area contributed by atoms with E-state index in [1.165, 1.54) is 0 Å². The second-order valence-corrected chi connectivity index (χ2v) is 2.72. The van der Waals surface area contributed by atoms with Crippen LogP contribution in [0.15, 0.2) is 24.3 Å². The van der Waals surface area contributed by atoms with E-state index in [0.29, 0.717) is 0 Å². The second-order valence-electron chi connectivity index (χ2n) is 2.72. The van der Waals surface area contributed by atoms with E-state index < -0.39 is 0 Å². The van der Waals surface area contributed by atoms with E-state index in [1.54, 1.807) is 14.2 Å². The van der Waals surface area contributed by atoms with E-state index in [9.17, 15) is 0 Å². The fraction of sp³-hybridized carbons (Fsp3) is 0.400. The molecule has 0 fully saturated rings. The van der Waals surface area contributed by atoms with Crippen LogP contribution in [0.25, 0.3) is 0 Å². The first-order chi connectivity index (χ1) is 6.27. The van der Waals surface area contributed by atoms with Crippen molar-refractivity contribution in [2.24, 2.45) is 0 Å². The number of hydrogen-bond acceptors (Lipinski definition) is 3. The van der Waals surface area contributed by atoms with Gasteiger partial charge >= 0.3 is 0 Å². The van der Waals surface area contributed by atoms with Crippen LogP contribution in [0.3, 0.4) is 0 Å². The van der Waals surface area contributed by atoms with Crippen molar-refractivity contribution in [3.05, 3.63) is 24.3 Å². The molecular formula is C10H15NO2. The molecule has 0 aliphatic heterocycles. The van der Waals surface area contributed by atoms with Crippen molar-refractivity contribution in [1.82, 2.24) is 0 Å². The summed E-state index contributed by atoms with van der Waals surface area (Å²) in [5, 5.41) is 3.16. The van der Waals surface area contributed by atoms with Crippen molar-refractivity contribution in [3.63, 3.8) is 0 Å². The zero-order valence-electron chi connectivity index (χ0n) is 8.20. The maximum Gasteiger partial charge on any atom is 0.142 e. The first-order valence-corrected chi connectivity index (χ1v) is 4.20. The Balaban J connectivity index is 2.74. The molecule has 1 aromatic carbocycles. The Morgan fingerprint density at radius 1 is 1.23 bits per heavy atom. The van der Waals surface area contributed by atoms with Gasteiger partial charge in [0.2, 0.25) is 0 Å². The molecule has 72 valence electrons. The number of anilines is 1. The molecule has 1 N–H and O–H groups in total. The van der Waals surface area contributed by atoms with E-state index in [1.807, 2.05) is 31.2 Å². The number of para-hydroxylation sites is 2. The lowest BCUT2D eigenvalue weighted by Gasteiger charge is -2.15. The zero-order valence-corrected chi connectivity index (χ0v) is 8.20. The van der Waals surface area contributed by atoms with Gasteiger partial charge in [-0.15, -0.1) is 0 Å². The molecule has 0 aliphatic rings. The van der Waals surface area contributed by atoms with Crippen molar-refractivity contribution < 1.29 is 9.47 Å². The molecule has 0 heterocycles. The summed E-state index contributed by atoms with van der Waals surface area (Å²) >= 11 is 0. The van der Waals surface area contributed by atoms with Gasteiger partial charge in [-0.25, -0.2) is 0 Å². The largest absolute Gasteiger partial charge is 0.495 e.